The molecule has 0 radical (unpaired) electrons. The highest BCUT2D eigenvalue weighted by atomic mass is 16.3. The summed E-state index contributed by atoms with van der Waals surface area (Å²) in [5, 5.41) is 12.1. The fourth-order valence-corrected chi connectivity index (χ4v) is 2.07. The van der Waals surface area contributed by atoms with Gasteiger partial charge in [0.2, 0.25) is 0 Å². The lowest BCUT2D eigenvalue weighted by molar-refractivity contribution is 0.0915. The monoisotopic (exact) mass is 286 g/mol. The topological polar surface area (TPSA) is 82.2 Å². The number of aryl methyl sites for hydroxylation is 1. The minimum atomic E-state index is -0.480. The van der Waals surface area contributed by atoms with Crippen LogP contribution in [0.4, 0.5) is 0 Å². The minimum absolute atomic E-state index is 0.0483. The zero-order valence-electron chi connectivity index (χ0n) is 11.8. The molecule has 0 saturated heterocycles. The number of pyridine rings is 1. The van der Waals surface area contributed by atoms with Gasteiger partial charge in [-0.05, 0) is 18.9 Å². The van der Waals surface area contributed by atoms with Crippen LogP contribution in [0, 0.1) is 6.92 Å². The maximum atomic E-state index is 12.1. The molecule has 1 atom stereocenters. The Labute approximate surface area is 122 Å². The summed E-state index contributed by atoms with van der Waals surface area (Å²) in [6.45, 7) is 1.55. The lowest BCUT2D eigenvalue weighted by Gasteiger charge is -2.16. The van der Waals surface area contributed by atoms with Crippen LogP contribution >= 0.6 is 0 Å². The average molecular weight is 286 g/mol. The lowest BCUT2D eigenvalue weighted by atomic mass is 10.1. The summed E-state index contributed by atoms with van der Waals surface area (Å²) in [5.74, 6) is -0.480. The first-order chi connectivity index (χ1) is 10.1. The normalized spacial score (nSPS) is 11.9. The number of H-pyrrole nitrogens is 1. The van der Waals surface area contributed by atoms with Crippen molar-refractivity contribution in [2.75, 3.05) is 6.61 Å². The second-order valence-electron chi connectivity index (χ2n) is 4.94. The first-order valence-corrected chi connectivity index (χ1v) is 6.75. The SMILES string of the molecule is Cc1cc(=O)c(C(=O)N[C@@H](CO)Cc2ccccc2)c[nH]1. The van der Waals surface area contributed by atoms with Crippen molar-refractivity contribution >= 4 is 5.91 Å². The third kappa shape index (κ3) is 4.03. The number of aromatic amines is 1. The molecule has 1 aromatic carbocycles. The van der Waals surface area contributed by atoms with Crippen LogP contribution < -0.4 is 10.7 Å². The number of amides is 1. The second-order valence-corrected chi connectivity index (χ2v) is 4.94. The number of rotatable bonds is 5. The predicted molar refractivity (Wildman–Crippen MR) is 80.3 cm³/mol. The molecule has 2 aromatic rings. The third-order valence-electron chi connectivity index (χ3n) is 3.18. The Kier molecular flexibility index (Phi) is 4.90. The van der Waals surface area contributed by atoms with Crippen LogP contribution in [-0.4, -0.2) is 28.6 Å². The summed E-state index contributed by atoms with van der Waals surface area (Å²) in [6.07, 6.45) is 1.90. The van der Waals surface area contributed by atoms with Crippen molar-refractivity contribution in [2.24, 2.45) is 0 Å². The molecule has 2 rings (SSSR count). The maximum Gasteiger partial charge on any atom is 0.257 e. The van der Waals surface area contributed by atoms with Crippen molar-refractivity contribution in [3.05, 3.63) is 69.6 Å². The van der Waals surface area contributed by atoms with Gasteiger partial charge in [0, 0.05) is 18.0 Å². The number of hydrogen-bond donors (Lipinski definition) is 3. The summed E-state index contributed by atoms with van der Waals surface area (Å²) < 4.78 is 0. The van der Waals surface area contributed by atoms with E-state index in [1.165, 1.54) is 12.3 Å². The number of benzene rings is 1. The van der Waals surface area contributed by atoms with E-state index >= 15 is 0 Å². The Balaban J connectivity index is 2.07. The largest absolute Gasteiger partial charge is 0.394 e. The molecule has 110 valence electrons. The van der Waals surface area contributed by atoms with E-state index in [0.717, 1.165) is 5.56 Å². The highest BCUT2D eigenvalue weighted by Gasteiger charge is 2.16. The molecule has 5 nitrogen and oxygen atoms in total. The Bertz CT molecular complexity index is 665. The zero-order valence-corrected chi connectivity index (χ0v) is 11.8. The van der Waals surface area contributed by atoms with E-state index in [-0.39, 0.29) is 17.6 Å². The van der Waals surface area contributed by atoms with Gasteiger partial charge < -0.3 is 15.4 Å². The van der Waals surface area contributed by atoms with Gasteiger partial charge in [0.1, 0.15) is 5.56 Å². The van der Waals surface area contributed by atoms with E-state index in [4.69, 9.17) is 0 Å². The number of aromatic nitrogens is 1. The molecular weight excluding hydrogens is 268 g/mol. The number of hydrogen-bond acceptors (Lipinski definition) is 3. The van der Waals surface area contributed by atoms with Crippen LogP contribution in [-0.2, 0) is 6.42 Å². The van der Waals surface area contributed by atoms with E-state index in [2.05, 4.69) is 10.3 Å². The van der Waals surface area contributed by atoms with Gasteiger partial charge in [0.15, 0.2) is 5.43 Å². The number of aliphatic hydroxyl groups is 1. The lowest BCUT2D eigenvalue weighted by Crippen LogP contribution is -2.40. The number of carbonyl (C=O) groups excluding carboxylic acids is 1. The van der Waals surface area contributed by atoms with Gasteiger partial charge in [-0.15, -0.1) is 0 Å². The molecule has 0 fully saturated rings. The Morgan fingerprint density at radius 3 is 2.67 bits per heavy atom. The quantitative estimate of drug-likeness (QED) is 0.767. The van der Waals surface area contributed by atoms with E-state index in [0.29, 0.717) is 12.1 Å². The van der Waals surface area contributed by atoms with Gasteiger partial charge in [-0.3, -0.25) is 9.59 Å². The van der Waals surface area contributed by atoms with E-state index < -0.39 is 11.9 Å². The van der Waals surface area contributed by atoms with Crippen LogP contribution in [0.1, 0.15) is 21.6 Å². The molecule has 0 unspecified atom stereocenters. The van der Waals surface area contributed by atoms with Gasteiger partial charge in [-0.25, -0.2) is 0 Å². The Hall–Kier alpha value is -2.40. The van der Waals surface area contributed by atoms with Crippen LogP contribution in [0.15, 0.2) is 47.4 Å². The van der Waals surface area contributed by atoms with Gasteiger partial charge >= 0.3 is 0 Å². The summed E-state index contributed by atoms with van der Waals surface area (Å²) in [7, 11) is 0. The van der Waals surface area contributed by atoms with Crippen LogP contribution in [0.2, 0.25) is 0 Å². The van der Waals surface area contributed by atoms with E-state index in [1.807, 2.05) is 30.3 Å². The predicted octanol–water partition coefficient (Wildman–Crippen LogP) is 1.02. The highest BCUT2D eigenvalue weighted by molar-refractivity contribution is 5.94. The summed E-state index contributed by atoms with van der Waals surface area (Å²) in [6, 6.07) is 10.5. The van der Waals surface area contributed by atoms with Crippen LogP contribution in [0.5, 0.6) is 0 Å². The minimum Gasteiger partial charge on any atom is -0.394 e. The molecule has 21 heavy (non-hydrogen) atoms. The fourth-order valence-electron chi connectivity index (χ4n) is 2.07. The summed E-state index contributed by atoms with van der Waals surface area (Å²) in [5.41, 5.74) is 1.42. The maximum absolute atomic E-state index is 12.1. The van der Waals surface area contributed by atoms with Crippen LogP contribution in [0.25, 0.3) is 0 Å². The third-order valence-corrected chi connectivity index (χ3v) is 3.18. The molecule has 0 bridgehead atoms. The van der Waals surface area contributed by atoms with Crippen molar-refractivity contribution in [1.82, 2.24) is 10.3 Å². The van der Waals surface area contributed by atoms with Crippen molar-refractivity contribution in [1.29, 1.82) is 0 Å². The molecular formula is C16H18N2O3. The first kappa shape index (κ1) is 15.0. The second kappa shape index (κ2) is 6.85. The molecule has 0 saturated carbocycles. The summed E-state index contributed by atoms with van der Waals surface area (Å²) in [4.78, 5) is 26.7. The number of carbonyl (C=O) groups is 1. The van der Waals surface area contributed by atoms with Crippen molar-refractivity contribution in [2.45, 2.75) is 19.4 Å². The molecule has 1 amide bonds. The van der Waals surface area contributed by atoms with Gasteiger partial charge in [0.05, 0.1) is 12.6 Å². The Morgan fingerprint density at radius 2 is 2.05 bits per heavy atom. The molecule has 0 aliphatic heterocycles. The van der Waals surface area contributed by atoms with Gasteiger partial charge in [0.25, 0.3) is 5.91 Å². The smallest absolute Gasteiger partial charge is 0.257 e. The van der Waals surface area contributed by atoms with Crippen molar-refractivity contribution < 1.29 is 9.90 Å². The fraction of sp³-hybridized carbons (Fsp3) is 0.250. The highest BCUT2D eigenvalue weighted by Crippen LogP contribution is 2.03. The molecule has 1 aromatic heterocycles. The standard InChI is InChI=1S/C16H18N2O3/c1-11-7-15(20)14(9-17-11)16(21)18-13(10-19)8-12-5-3-2-4-6-12/h2-7,9,13,19H,8,10H2,1H3,(H,17,20)(H,18,21)/t13-/m1/s1. The number of aliphatic hydroxyl groups excluding tert-OH is 1. The molecule has 1 heterocycles. The molecule has 5 heteroatoms. The van der Waals surface area contributed by atoms with Crippen LogP contribution in [0.3, 0.4) is 0 Å². The summed E-state index contributed by atoms with van der Waals surface area (Å²) >= 11 is 0. The molecule has 0 aliphatic rings. The van der Waals surface area contributed by atoms with E-state index in [1.54, 1.807) is 6.92 Å². The van der Waals surface area contributed by atoms with Crippen molar-refractivity contribution in [3.8, 4) is 0 Å². The van der Waals surface area contributed by atoms with Crippen molar-refractivity contribution in [3.63, 3.8) is 0 Å². The van der Waals surface area contributed by atoms with Gasteiger partial charge in [-0.1, -0.05) is 30.3 Å². The number of nitrogens with one attached hydrogen (secondary N) is 2. The average Bonchev–Trinajstić information content (AvgIpc) is 2.47. The Morgan fingerprint density at radius 1 is 1.33 bits per heavy atom. The zero-order chi connectivity index (χ0) is 15.2. The van der Waals surface area contributed by atoms with E-state index in [9.17, 15) is 14.7 Å². The molecule has 0 aliphatic carbocycles. The van der Waals surface area contributed by atoms with Gasteiger partial charge in [-0.2, -0.15) is 0 Å². The molecule has 3 N–H and O–H groups in total. The first-order valence-electron chi connectivity index (χ1n) is 6.75. The molecule has 0 spiro atoms.